The van der Waals surface area contributed by atoms with Crippen LogP contribution in [-0.2, 0) is 5.41 Å². The van der Waals surface area contributed by atoms with E-state index in [4.69, 9.17) is 0 Å². The average Bonchev–Trinajstić information content (AvgIpc) is 3.02. The third-order valence-corrected chi connectivity index (χ3v) is 4.98. The summed E-state index contributed by atoms with van der Waals surface area (Å²) in [6, 6.07) is 11.9. The van der Waals surface area contributed by atoms with Gasteiger partial charge in [0.05, 0.1) is 18.2 Å². The van der Waals surface area contributed by atoms with Crippen molar-refractivity contribution in [2.75, 3.05) is 12.0 Å². The fraction of sp³-hybridized carbons (Fsp3) is 0.235. The third kappa shape index (κ3) is 3.38. The SMILES string of the molecule is CC(C)(CO)c1cc2c(NN=Cc3ccccc3)ncnc2s1. The lowest BCUT2D eigenvalue weighted by Gasteiger charge is -2.18. The zero-order valence-electron chi connectivity index (χ0n) is 13.0. The highest BCUT2D eigenvalue weighted by Crippen LogP contribution is 2.35. The van der Waals surface area contributed by atoms with E-state index in [0.717, 1.165) is 20.7 Å². The van der Waals surface area contributed by atoms with Crippen LogP contribution in [0.3, 0.4) is 0 Å². The normalized spacial score (nSPS) is 12.1. The van der Waals surface area contributed by atoms with E-state index < -0.39 is 0 Å². The number of anilines is 1. The molecule has 3 rings (SSSR count). The molecule has 23 heavy (non-hydrogen) atoms. The summed E-state index contributed by atoms with van der Waals surface area (Å²) in [4.78, 5) is 10.5. The van der Waals surface area contributed by atoms with E-state index in [1.807, 2.05) is 50.2 Å². The Bertz CT molecular complexity index is 827. The standard InChI is InChI=1S/C17H18N4OS/c1-17(2,10-22)14-8-13-15(18-11-19-16(13)23-14)21-20-9-12-6-4-3-5-7-12/h3-9,11,22H,10H2,1-2H3,(H,18,19,21). The van der Waals surface area contributed by atoms with Crippen molar-refractivity contribution in [3.63, 3.8) is 0 Å². The van der Waals surface area contributed by atoms with Crippen molar-refractivity contribution in [1.82, 2.24) is 9.97 Å². The van der Waals surface area contributed by atoms with Crippen LogP contribution in [0.1, 0.15) is 24.3 Å². The van der Waals surface area contributed by atoms with Gasteiger partial charge in [0.25, 0.3) is 0 Å². The van der Waals surface area contributed by atoms with Gasteiger partial charge in [-0.15, -0.1) is 11.3 Å². The zero-order chi connectivity index (χ0) is 16.3. The summed E-state index contributed by atoms with van der Waals surface area (Å²) in [6.07, 6.45) is 3.27. The maximum atomic E-state index is 9.54. The van der Waals surface area contributed by atoms with Crippen molar-refractivity contribution in [2.45, 2.75) is 19.3 Å². The first kappa shape index (κ1) is 15.6. The molecule has 3 aromatic rings. The lowest BCUT2D eigenvalue weighted by atomic mass is 9.93. The van der Waals surface area contributed by atoms with Gasteiger partial charge in [0.15, 0.2) is 5.82 Å². The van der Waals surface area contributed by atoms with E-state index in [9.17, 15) is 5.11 Å². The van der Waals surface area contributed by atoms with E-state index >= 15 is 0 Å². The molecule has 0 amide bonds. The topological polar surface area (TPSA) is 70.4 Å². The second kappa shape index (κ2) is 6.44. The number of aliphatic hydroxyl groups is 1. The number of hydrogen-bond donors (Lipinski definition) is 2. The van der Waals surface area contributed by atoms with Crippen LogP contribution in [0.2, 0.25) is 0 Å². The quantitative estimate of drug-likeness (QED) is 0.557. The molecule has 0 fully saturated rings. The Balaban J connectivity index is 1.88. The summed E-state index contributed by atoms with van der Waals surface area (Å²) in [7, 11) is 0. The number of hydrazone groups is 1. The lowest BCUT2D eigenvalue weighted by Crippen LogP contribution is -2.20. The number of rotatable bonds is 5. The molecular weight excluding hydrogens is 308 g/mol. The highest BCUT2D eigenvalue weighted by atomic mass is 32.1. The van der Waals surface area contributed by atoms with E-state index in [-0.39, 0.29) is 12.0 Å². The maximum absolute atomic E-state index is 9.54. The minimum atomic E-state index is -0.296. The maximum Gasteiger partial charge on any atom is 0.158 e. The van der Waals surface area contributed by atoms with E-state index in [2.05, 4.69) is 20.5 Å². The van der Waals surface area contributed by atoms with Gasteiger partial charge < -0.3 is 5.11 Å². The molecule has 5 nitrogen and oxygen atoms in total. The second-order valence-corrected chi connectivity index (χ2v) is 6.91. The molecule has 6 heteroatoms. The molecule has 0 bridgehead atoms. The van der Waals surface area contributed by atoms with Crippen molar-refractivity contribution in [2.24, 2.45) is 5.10 Å². The minimum absolute atomic E-state index is 0.0855. The summed E-state index contributed by atoms with van der Waals surface area (Å²) in [5.41, 5.74) is 3.70. The van der Waals surface area contributed by atoms with E-state index in [1.165, 1.54) is 6.33 Å². The van der Waals surface area contributed by atoms with Crippen molar-refractivity contribution in [3.8, 4) is 0 Å². The molecule has 0 aliphatic rings. The van der Waals surface area contributed by atoms with Gasteiger partial charge in [0.2, 0.25) is 0 Å². The summed E-state index contributed by atoms with van der Waals surface area (Å²) >= 11 is 1.57. The first-order valence-corrected chi connectivity index (χ1v) is 8.12. The van der Waals surface area contributed by atoms with Gasteiger partial charge in [0, 0.05) is 10.3 Å². The van der Waals surface area contributed by atoms with E-state index in [0.29, 0.717) is 5.82 Å². The summed E-state index contributed by atoms with van der Waals surface area (Å²) in [5.74, 6) is 0.665. The van der Waals surface area contributed by atoms with Gasteiger partial charge in [-0.25, -0.2) is 9.97 Å². The molecular formula is C17H18N4OS. The van der Waals surface area contributed by atoms with Crippen molar-refractivity contribution >= 4 is 33.6 Å². The Morgan fingerprint density at radius 3 is 2.78 bits per heavy atom. The Labute approximate surface area is 138 Å². The number of nitrogens with zero attached hydrogens (tertiary/aromatic N) is 3. The van der Waals surface area contributed by atoms with Crippen LogP contribution in [0.4, 0.5) is 5.82 Å². The first-order chi connectivity index (χ1) is 11.1. The molecule has 2 aromatic heterocycles. The number of nitrogens with one attached hydrogen (secondary N) is 1. The lowest BCUT2D eigenvalue weighted by molar-refractivity contribution is 0.221. The van der Waals surface area contributed by atoms with Crippen LogP contribution in [0.15, 0.2) is 47.8 Å². The van der Waals surface area contributed by atoms with Gasteiger partial charge >= 0.3 is 0 Å². The molecule has 0 aliphatic heterocycles. The molecule has 0 saturated heterocycles. The molecule has 0 unspecified atom stereocenters. The fourth-order valence-electron chi connectivity index (χ4n) is 2.06. The Morgan fingerprint density at radius 1 is 1.26 bits per heavy atom. The van der Waals surface area contributed by atoms with Crippen LogP contribution >= 0.6 is 11.3 Å². The fourth-order valence-corrected chi connectivity index (χ4v) is 3.15. The van der Waals surface area contributed by atoms with Gasteiger partial charge in [-0.2, -0.15) is 5.10 Å². The summed E-state index contributed by atoms with van der Waals surface area (Å²) < 4.78 is 0. The Morgan fingerprint density at radius 2 is 2.04 bits per heavy atom. The van der Waals surface area contributed by atoms with Gasteiger partial charge in [-0.1, -0.05) is 44.2 Å². The number of aromatic nitrogens is 2. The number of thiophene rings is 1. The molecule has 2 N–H and O–H groups in total. The third-order valence-electron chi connectivity index (χ3n) is 3.58. The summed E-state index contributed by atoms with van der Waals surface area (Å²) in [5, 5.41) is 14.7. The van der Waals surface area contributed by atoms with E-state index in [1.54, 1.807) is 17.6 Å². The predicted molar refractivity (Wildman–Crippen MR) is 95.2 cm³/mol. The molecule has 0 spiro atoms. The van der Waals surface area contributed by atoms with Gasteiger partial charge in [-0.3, -0.25) is 5.43 Å². The smallest absolute Gasteiger partial charge is 0.158 e. The highest BCUT2D eigenvalue weighted by molar-refractivity contribution is 7.18. The number of aliphatic hydroxyl groups excluding tert-OH is 1. The molecule has 118 valence electrons. The van der Waals surface area contributed by atoms with Crippen LogP contribution in [0.5, 0.6) is 0 Å². The van der Waals surface area contributed by atoms with Gasteiger partial charge in [-0.05, 0) is 11.6 Å². The van der Waals surface area contributed by atoms with Crippen molar-refractivity contribution in [1.29, 1.82) is 0 Å². The molecule has 0 saturated carbocycles. The molecule has 1 aromatic carbocycles. The summed E-state index contributed by atoms with van der Waals surface area (Å²) in [6.45, 7) is 4.10. The Hall–Kier alpha value is -2.31. The highest BCUT2D eigenvalue weighted by Gasteiger charge is 2.23. The van der Waals surface area contributed by atoms with Crippen LogP contribution in [0.25, 0.3) is 10.2 Å². The molecule has 0 aliphatic carbocycles. The Kier molecular flexibility index (Phi) is 4.36. The molecule has 0 atom stereocenters. The monoisotopic (exact) mass is 326 g/mol. The molecule has 0 radical (unpaired) electrons. The van der Waals surface area contributed by atoms with Gasteiger partial charge in [0.1, 0.15) is 11.2 Å². The van der Waals surface area contributed by atoms with Crippen molar-refractivity contribution in [3.05, 3.63) is 53.2 Å². The van der Waals surface area contributed by atoms with Crippen LogP contribution in [-0.4, -0.2) is 27.9 Å². The minimum Gasteiger partial charge on any atom is -0.395 e. The second-order valence-electron chi connectivity index (χ2n) is 5.87. The number of benzene rings is 1. The largest absolute Gasteiger partial charge is 0.395 e. The van der Waals surface area contributed by atoms with Crippen LogP contribution < -0.4 is 5.43 Å². The first-order valence-electron chi connectivity index (χ1n) is 7.30. The van der Waals surface area contributed by atoms with Crippen molar-refractivity contribution < 1.29 is 5.11 Å². The molecule has 2 heterocycles. The number of fused-ring (bicyclic) bond motifs is 1. The number of hydrogen-bond acceptors (Lipinski definition) is 6. The van der Waals surface area contributed by atoms with Crippen LogP contribution in [0, 0.1) is 0 Å². The predicted octanol–water partition coefficient (Wildman–Crippen LogP) is 3.41. The zero-order valence-corrected chi connectivity index (χ0v) is 13.8. The average molecular weight is 326 g/mol.